The fraction of sp³-hybridized carbons (Fsp3) is 0.250. The number of ether oxygens (including phenoxy) is 1. The Balaban J connectivity index is 1.64. The van der Waals surface area contributed by atoms with E-state index >= 15 is 0 Å². The van der Waals surface area contributed by atoms with E-state index in [2.05, 4.69) is 0 Å². The summed E-state index contributed by atoms with van der Waals surface area (Å²) in [6, 6.07) is 13.9. The predicted octanol–water partition coefficient (Wildman–Crippen LogP) is 3.88. The molecule has 0 atom stereocenters. The summed E-state index contributed by atoms with van der Waals surface area (Å²) < 4.78 is 18.2. The Labute approximate surface area is 122 Å². The van der Waals surface area contributed by atoms with Gasteiger partial charge in [0.25, 0.3) is 0 Å². The average Bonchev–Trinajstić information content (AvgIpc) is 2.49. The molecule has 0 amide bonds. The first kappa shape index (κ1) is 14.9. The van der Waals surface area contributed by atoms with Gasteiger partial charge in [-0.2, -0.15) is 0 Å². The Kier molecular flexibility index (Phi) is 5.89. The third-order valence-electron chi connectivity index (χ3n) is 2.75. The largest absolute Gasteiger partial charge is 0.494 e. The second-order valence-electron chi connectivity index (χ2n) is 4.31. The number of hydrogen-bond acceptors (Lipinski definition) is 3. The zero-order chi connectivity index (χ0) is 14.2. The fourth-order valence-electron chi connectivity index (χ4n) is 1.66. The second kappa shape index (κ2) is 7.92. The summed E-state index contributed by atoms with van der Waals surface area (Å²) in [5, 5.41) is 8.95. The third-order valence-corrected chi connectivity index (χ3v) is 3.84. The third kappa shape index (κ3) is 4.87. The molecule has 0 aliphatic heterocycles. The van der Waals surface area contributed by atoms with E-state index < -0.39 is 0 Å². The summed E-state index contributed by atoms with van der Waals surface area (Å²) in [5.41, 5.74) is 0.925. The van der Waals surface area contributed by atoms with E-state index in [0.29, 0.717) is 12.4 Å². The highest BCUT2D eigenvalue weighted by Gasteiger charge is 1.97. The van der Waals surface area contributed by atoms with Crippen molar-refractivity contribution in [2.24, 2.45) is 0 Å². The standard InChI is InChI=1S/C16H17FO2S/c17-14-4-6-15(7-5-14)19-10-1-11-20-16-8-2-13(12-18)3-9-16/h2-9,18H,1,10-12H2. The second-order valence-corrected chi connectivity index (χ2v) is 5.47. The van der Waals surface area contributed by atoms with Crippen molar-refractivity contribution in [1.82, 2.24) is 0 Å². The number of halogens is 1. The Hall–Kier alpha value is -1.52. The summed E-state index contributed by atoms with van der Waals surface area (Å²) in [6.45, 7) is 0.698. The van der Waals surface area contributed by atoms with Gasteiger partial charge in [0.05, 0.1) is 13.2 Å². The zero-order valence-electron chi connectivity index (χ0n) is 11.1. The summed E-state index contributed by atoms with van der Waals surface area (Å²) in [4.78, 5) is 1.18. The number of aliphatic hydroxyl groups excluding tert-OH is 1. The summed E-state index contributed by atoms with van der Waals surface area (Å²) in [5.74, 6) is 1.41. The van der Waals surface area contributed by atoms with Crippen LogP contribution < -0.4 is 4.74 Å². The molecule has 20 heavy (non-hydrogen) atoms. The Morgan fingerprint density at radius 3 is 2.35 bits per heavy atom. The molecule has 2 aromatic rings. The molecule has 106 valence electrons. The summed E-state index contributed by atoms with van der Waals surface area (Å²) in [6.07, 6.45) is 0.920. The average molecular weight is 292 g/mol. The number of rotatable bonds is 7. The summed E-state index contributed by atoms with van der Waals surface area (Å²) in [7, 11) is 0. The lowest BCUT2D eigenvalue weighted by atomic mass is 10.2. The van der Waals surface area contributed by atoms with Crippen molar-refractivity contribution in [3.05, 3.63) is 59.9 Å². The molecule has 0 heterocycles. The van der Waals surface area contributed by atoms with Gasteiger partial charge in [-0.3, -0.25) is 0 Å². The maximum atomic E-state index is 12.7. The van der Waals surface area contributed by atoms with E-state index in [4.69, 9.17) is 9.84 Å². The molecule has 2 nitrogen and oxygen atoms in total. The molecule has 1 N–H and O–H groups in total. The lowest BCUT2D eigenvalue weighted by Crippen LogP contribution is -1.98. The number of benzene rings is 2. The van der Waals surface area contributed by atoms with E-state index in [-0.39, 0.29) is 12.4 Å². The van der Waals surface area contributed by atoms with Crippen molar-refractivity contribution < 1.29 is 14.2 Å². The lowest BCUT2D eigenvalue weighted by molar-refractivity contribution is 0.282. The molecule has 0 fully saturated rings. The van der Waals surface area contributed by atoms with Gasteiger partial charge in [0.15, 0.2) is 0 Å². The van der Waals surface area contributed by atoms with Crippen molar-refractivity contribution in [1.29, 1.82) is 0 Å². The molecule has 0 spiro atoms. The molecule has 0 radical (unpaired) electrons. The molecule has 2 aromatic carbocycles. The van der Waals surface area contributed by atoms with Gasteiger partial charge in [0.1, 0.15) is 11.6 Å². The lowest BCUT2D eigenvalue weighted by Gasteiger charge is -2.06. The van der Waals surface area contributed by atoms with Crippen molar-refractivity contribution >= 4 is 11.8 Å². The van der Waals surface area contributed by atoms with Crippen molar-refractivity contribution in [2.45, 2.75) is 17.9 Å². The molecular weight excluding hydrogens is 275 g/mol. The topological polar surface area (TPSA) is 29.5 Å². The molecule has 0 bridgehead atoms. The monoisotopic (exact) mass is 292 g/mol. The normalized spacial score (nSPS) is 10.5. The van der Waals surface area contributed by atoms with Gasteiger partial charge in [-0.25, -0.2) is 4.39 Å². The van der Waals surface area contributed by atoms with E-state index in [1.807, 2.05) is 24.3 Å². The SMILES string of the molecule is OCc1ccc(SCCCOc2ccc(F)cc2)cc1. The highest BCUT2D eigenvalue weighted by atomic mass is 32.2. The molecule has 0 aliphatic carbocycles. The van der Waals surface area contributed by atoms with Crippen LogP contribution in [0.15, 0.2) is 53.4 Å². The van der Waals surface area contributed by atoms with Crippen LogP contribution >= 0.6 is 11.8 Å². The number of thioether (sulfide) groups is 1. The molecule has 0 saturated heterocycles. The number of aliphatic hydroxyl groups is 1. The van der Waals surface area contributed by atoms with Crippen LogP contribution in [0.25, 0.3) is 0 Å². The van der Waals surface area contributed by atoms with Crippen molar-refractivity contribution in [3.63, 3.8) is 0 Å². The maximum Gasteiger partial charge on any atom is 0.123 e. The van der Waals surface area contributed by atoms with Gasteiger partial charge >= 0.3 is 0 Å². The highest BCUT2D eigenvalue weighted by molar-refractivity contribution is 7.99. The van der Waals surface area contributed by atoms with Crippen LogP contribution in [0.1, 0.15) is 12.0 Å². The van der Waals surface area contributed by atoms with Gasteiger partial charge in [-0.1, -0.05) is 12.1 Å². The Morgan fingerprint density at radius 2 is 1.70 bits per heavy atom. The van der Waals surface area contributed by atoms with Crippen LogP contribution in [-0.2, 0) is 6.61 Å². The van der Waals surface area contributed by atoms with Gasteiger partial charge in [-0.15, -0.1) is 11.8 Å². The molecule has 4 heteroatoms. The zero-order valence-corrected chi connectivity index (χ0v) is 11.9. The van der Waals surface area contributed by atoms with Crippen LogP contribution in [0.3, 0.4) is 0 Å². The van der Waals surface area contributed by atoms with Crippen LogP contribution in [0, 0.1) is 5.82 Å². The van der Waals surface area contributed by atoms with E-state index in [9.17, 15) is 4.39 Å². The smallest absolute Gasteiger partial charge is 0.123 e. The fourth-order valence-corrected chi connectivity index (χ4v) is 2.49. The summed E-state index contributed by atoms with van der Waals surface area (Å²) >= 11 is 1.76. The molecule has 0 aliphatic rings. The predicted molar refractivity (Wildman–Crippen MR) is 79.6 cm³/mol. The highest BCUT2D eigenvalue weighted by Crippen LogP contribution is 2.19. The van der Waals surface area contributed by atoms with Gasteiger partial charge in [0.2, 0.25) is 0 Å². The minimum Gasteiger partial charge on any atom is -0.494 e. The van der Waals surface area contributed by atoms with Crippen LogP contribution in [0.5, 0.6) is 5.75 Å². The van der Waals surface area contributed by atoms with E-state index in [1.165, 1.54) is 17.0 Å². The van der Waals surface area contributed by atoms with Crippen LogP contribution in [0.2, 0.25) is 0 Å². The number of hydrogen-bond donors (Lipinski definition) is 1. The van der Waals surface area contributed by atoms with Crippen LogP contribution in [-0.4, -0.2) is 17.5 Å². The molecule has 0 unspecified atom stereocenters. The molecular formula is C16H17FO2S. The van der Waals surface area contributed by atoms with Gasteiger partial charge in [0, 0.05) is 10.6 Å². The van der Waals surface area contributed by atoms with Gasteiger partial charge < -0.3 is 9.84 Å². The van der Waals surface area contributed by atoms with E-state index in [0.717, 1.165) is 17.7 Å². The van der Waals surface area contributed by atoms with Crippen molar-refractivity contribution in [3.8, 4) is 5.75 Å². The minimum atomic E-state index is -0.251. The first-order chi connectivity index (χ1) is 9.78. The Morgan fingerprint density at radius 1 is 1.00 bits per heavy atom. The molecule has 0 saturated carbocycles. The molecule has 2 rings (SSSR count). The molecule has 0 aromatic heterocycles. The minimum absolute atomic E-state index is 0.0798. The Bertz CT molecular complexity index is 511. The first-order valence-corrected chi connectivity index (χ1v) is 7.47. The first-order valence-electron chi connectivity index (χ1n) is 6.49. The van der Waals surface area contributed by atoms with E-state index in [1.54, 1.807) is 23.9 Å². The van der Waals surface area contributed by atoms with Crippen molar-refractivity contribution in [2.75, 3.05) is 12.4 Å². The quantitative estimate of drug-likeness (QED) is 0.620. The van der Waals surface area contributed by atoms with Crippen LogP contribution in [0.4, 0.5) is 4.39 Å². The maximum absolute atomic E-state index is 12.7. The van der Waals surface area contributed by atoms with Gasteiger partial charge in [-0.05, 0) is 48.4 Å².